The van der Waals surface area contributed by atoms with Gasteiger partial charge >= 0.3 is 6.18 Å². The lowest BCUT2D eigenvalue weighted by Gasteiger charge is -2.26. The zero-order chi connectivity index (χ0) is 25.0. The van der Waals surface area contributed by atoms with Crippen LogP contribution in [0.5, 0.6) is 5.75 Å². The SMILES string of the molecule is CCn1nc(C(=O)NC[C@@H]2CC[C@H](C)CO2)c(Cl)c1-c1ccc(N[C@H](C)C(F)(F)F)cc1OC. The number of aryl methyl sites for hydroxylation is 1. The number of hydrogen-bond acceptors (Lipinski definition) is 5. The van der Waals surface area contributed by atoms with Gasteiger partial charge in [0.25, 0.3) is 5.91 Å². The molecule has 3 atom stereocenters. The summed E-state index contributed by atoms with van der Waals surface area (Å²) < 4.78 is 51.5. The fourth-order valence-corrected chi connectivity index (χ4v) is 4.09. The third-order valence-corrected chi connectivity index (χ3v) is 6.19. The Labute approximate surface area is 201 Å². The van der Waals surface area contributed by atoms with Gasteiger partial charge in [0, 0.05) is 37.0 Å². The minimum absolute atomic E-state index is 0.0501. The highest BCUT2D eigenvalue weighted by Crippen LogP contribution is 2.38. The van der Waals surface area contributed by atoms with Crippen molar-refractivity contribution in [3.05, 3.63) is 28.9 Å². The molecule has 1 amide bonds. The average molecular weight is 503 g/mol. The molecule has 7 nitrogen and oxygen atoms in total. The van der Waals surface area contributed by atoms with E-state index in [4.69, 9.17) is 21.1 Å². The van der Waals surface area contributed by atoms with E-state index >= 15 is 0 Å². The Hall–Kier alpha value is -2.46. The van der Waals surface area contributed by atoms with E-state index in [-0.39, 0.29) is 22.5 Å². The van der Waals surface area contributed by atoms with Gasteiger partial charge in [0.15, 0.2) is 5.69 Å². The van der Waals surface area contributed by atoms with Crippen molar-refractivity contribution < 1.29 is 27.4 Å². The molecule has 0 unspecified atom stereocenters. The van der Waals surface area contributed by atoms with E-state index in [0.29, 0.717) is 42.6 Å². The first kappa shape index (κ1) is 26.2. The molecule has 1 saturated heterocycles. The second-order valence-corrected chi connectivity index (χ2v) is 8.88. The zero-order valence-electron chi connectivity index (χ0n) is 19.6. The third-order valence-electron chi connectivity index (χ3n) is 5.83. The predicted octanol–water partition coefficient (Wildman–Crippen LogP) is 5.14. The van der Waals surface area contributed by atoms with Crippen molar-refractivity contribution in [2.24, 2.45) is 5.92 Å². The van der Waals surface area contributed by atoms with Gasteiger partial charge in [-0.3, -0.25) is 9.48 Å². The molecular formula is C23H30ClF3N4O3. The number of alkyl halides is 3. The summed E-state index contributed by atoms with van der Waals surface area (Å²) >= 11 is 6.60. The van der Waals surface area contributed by atoms with Crippen LogP contribution in [0.2, 0.25) is 5.02 Å². The van der Waals surface area contributed by atoms with Crippen molar-refractivity contribution in [1.82, 2.24) is 15.1 Å². The Balaban J connectivity index is 1.83. The van der Waals surface area contributed by atoms with E-state index in [0.717, 1.165) is 19.8 Å². The second kappa shape index (κ2) is 10.9. The minimum atomic E-state index is -4.39. The van der Waals surface area contributed by atoms with E-state index in [1.807, 2.05) is 6.92 Å². The van der Waals surface area contributed by atoms with Crippen LogP contribution in [0.3, 0.4) is 0 Å². The normalized spacial score (nSPS) is 19.5. The van der Waals surface area contributed by atoms with E-state index < -0.39 is 18.1 Å². The van der Waals surface area contributed by atoms with Crippen LogP contribution in [0.25, 0.3) is 11.3 Å². The quantitative estimate of drug-likeness (QED) is 0.522. The summed E-state index contributed by atoms with van der Waals surface area (Å²) in [5.41, 5.74) is 1.27. The molecule has 0 radical (unpaired) electrons. The van der Waals surface area contributed by atoms with Crippen molar-refractivity contribution in [2.45, 2.75) is 58.5 Å². The maximum Gasteiger partial charge on any atom is 0.408 e. The van der Waals surface area contributed by atoms with E-state index in [1.54, 1.807) is 10.7 Å². The molecule has 0 aliphatic carbocycles. The Morgan fingerprint density at radius 2 is 2.12 bits per heavy atom. The fraction of sp³-hybridized carbons (Fsp3) is 0.565. The van der Waals surface area contributed by atoms with Crippen LogP contribution in [0.15, 0.2) is 18.2 Å². The highest BCUT2D eigenvalue weighted by atomic mass is 35.5. The molecule has 2 heterocycles. The van der Waals surface area contributed by atoms with E-state index in [9.17, 15) is 18.0 Å². The average Bonchev–Trinajstić information content (AvgIpc) is 3.13. The number of carbonyl (C=O) groups excluding carboxylic acids is 1. The number of methoxy groups -OCH3 is 1. The molecule has 3 rings (SSSR count). The first-order valence-electron chi connectivity index (χ1n) is 11.2. The highest BCUT2D eigenvalue weighted by molar-refractivity contribution is 6.36. The van der Waals surface area contributed by atoms with Gasteiger partial charge in [0.1, 0.15) is 11.8 Å². The van der Waals surface area contributed by atoms with E-state index in [2.05, 4.69) is 22.7 Å². The van der Waals surface area contributed by atoms with Gasteiger partial charge in [0.2, 0.25) is 0 Å². The van der Waals surface area contributed by atoms with Gasteiger partial charge in [0.05, 0.1) is 23.9 Å². The molecule has 2 N–H and O–H groups in total. The summed E-state index contributed by atoms with van der Waals surface area (Å²) in [7, 11) is 1.41. The number of halogens is 4. The molecule has 1 aliphatic heterocycles. The summed E-state index contributed by atoms with van der Waals surface area (Å²) in [5, 5.41) is 9.77. The van der Waals surface area contributed by atoms with Crippen molar-refractivity contribution >= 4 is 23.2 Å². The monoisotopic (exact) mass is 502 g/mol. The van der Waals surface area contributed by atoms with Crippen LogP contribution < -0.4 is 15.4 Å². The number of hydrogen-bond donors (Lipinski definition) is 2. The Morgan fingerprint density at radius 3 is 2.71 bits per heavy atom. The lowest BCUT2D eigenvalue weighted by Crippen LogP contribution is -2.37. The second-order valence-electron chi connectivity index (χ2n) is 8.50. The van der Waals surface area contributed by atoms with Gasteiger partial charge < -0.3 is 20.1 Å². The number of ether oxygens (including phenoxy) is 2. The number of nitrogens with one attached hydrogen (secondary N) is 2. The number of carbonyl (C=O) groups is 1. The number of rotatable bonds is 8. The van der Waals surface area contributed by atoms with E-state index in [1.165, 1.54) is 19.2 Å². The summed E-state index contributed by atoms with van der Waals surface area (Å²) in [6, 6.07) is 2.82. The number of amides is 1. The molecule has 1 aliphatic rings. The predicted molar refractivity (Wildman–Crippen MR) is 125 cm³/mol. The van der Waals surface area contributed by atoms with Crippen molar-refractivity contribution in [1.29, 1.82) is 0 Å². The van der Waals surface area contributed by atoms with Gasteiger partial charge in [-0.05, 0) is 44.7 Å². The fourth-order valence-electron chi connectivity index (χ4n) is 3.77. The lowest BCUT2D eigenvalue weighted by molar-refractivity contribution is -0.138. The first-order chi connectivity index (χ1) is 16.0. The maximum atomic E-state index is 12.9. The molecule has 2 aromatic rings. The standard InChI is InChI=1S/C23H30ClF3N4O3/c1-5-31-21(17-9-7-15(10-18(17)33-4)29-14(3)23(25,26)27)19(24)20(30-31)22(32)28-11-16-8-6-13(2)12-34-16/h7,9-10,13-14,16,29H,5-6,8,11-12H2,1-4H3,(H,28,32)/t13-,14+,16-/m0/s1. The highest BCUT2D eigenvalue weighted by Gasteiger charge is 2.36. The topological polar surface area (TPSA) is 77.4 Å². The maximum absolute atomic E-state index is 12.9. The number of aromatic nitrogens is 2. The molecule has 1 aromatic heterocycles. The first-order valence-corrected chi connectivity index (χ1v) is 11.6. The van der Waals surface area contributed by atoms with Crippen molar-refractivity contribution in [2.75, 3.05) is 25.6 Å². The summed E-state index contributed by atoms with van der Waals surface area (Å²) in [6.45, 7) is 6.45. The van der Waals surface area contributed by atoms with Gasteiger partial charge in [-0.15, -0.1) is 0 Å². The molecule has 11 heteroatoms. The minimum Gasteiger partial charge on any atom is -0.496 e. The molecule has 0 saturated carbocycles. The van der Waals surface area contributed by atoms with Gasteiger partial charge in [-0.25, -0.2) is 0 Å². The molecule has 1 fully saturated rings. The lowest BCUT2D eigenvalue weighted by atomic mass is 10.0. The van der Waals surface area contributed by atoms with Gasteiger partial charge in [-0.2, -0.15) is 18.3 Å². The van der Waals surface area contributed by atoms with Crippen molar-refractivity contribution in [3.8, 4) is 17.0 Å². The molecule has 0 spiro atoms. The number of nitrogens with zero attached hydrogens (tertiary/aromatic N) is 2. The molecule has 34 heavy (non-hydrogen) atoms. The Kier molecular flexibility index (Phi) is 8.35. The van der Waals surface area contributed by atoms with Crippen molar-refractivity contribution in [3.63, 3.8) is 0 Å². The largest absolute Gasteiger partial charge is 0.496 e. The van der Waals surface area contributed by atoms with Crippen LogP contribution in [-0.4, -0.2) is 54.3 Å². The van der Waals surface area contributed by atoms with Crippen LogP contribution in [0.1, 0.15) is 44.1 Å². The van der Waals surface area contributed by atoms with Crippen LogP contribution in [0, 0.1) is 5.92 Å². The number of benzene rings is 1. The molecule has 0 bridgehead atoms. The molecule has 1 aromatic carbocycles. The van der Waals surface area contributed by atoms with Crippen LogP contribution in [0.4, 0.5) is 18.9 Å². The summed E-state index contributed by atoms with van der Waals surface area (Å²) in [4.78, 5) is 12.8. The number of anilines is 1. The Morgan fingerprint density at radius 1 is 1.38 bits per heavy atom. The molecule has 188 valence electrons. The molecular weight excluding hydrogens is 473 g/mol. The Bertz CT molecular complexity index is 1000. The van der Waals surface area contributed by atoms with Crippen LogP contribution >= 0.6 is 11.6 Å². The third kappa shape index (κ3) is 5.96. The smallest absolute Gasteiger partial charge is 0.408 e. The summed E-state index contributed by atoms with van der Waals surface area (Å²) in [6.07, 6.45) is -2.53. The van der Waals surface area contributed by atoms with Crippen LogP contribution in [-0.2, 0) is 11.3 Å². The zero-order valence-corrected chi connectivity index (χ0v) is 20.4. The van der Waals surface area contributed by atoms with Gasteiger partial charge in [-0.1, -0.05) is 18.5 Å². The summed E-state index contributed by atoms with van der Waals surface area (Å²) in [5.74, 6) is 0.391.